The van der Waals surface area contributed by atoms with Crippen LogP contribution in [0.3, 0.4) is 0 Å². The maximum absolute atomic E-state index is 5.43. The third kappa shape index (κ3) is 15.7. The van der Waals surface area contributed by atoms with Crippen LogP contribution in [-0.2, 0) is 0 Å². The van der Waals surface area contributed by atoms with Crippen molar-refractivity contribution in [2.24, 2.45) is 0 Å². The fourth-order valence-electron chi connectivity index (χ4n) is 18.4. The van der Waals surface area contributed by atoms with Gasteiger partial charge >= 0.3 is 0 Å². The molecule has 0 amide bonds. The van der Waals surface area contributed by atoms with Gasteiger partial charge in [0.1, 0.15) is 0 Å². The van der Waals surface area contributed by atoms with E-state index >= 15 is 0 Å². The summed E-state index contributed by atoms with van der Waals surface area (Å²) < 4.78 is 0. The third-order valence-corrected chi connectivity index (χ3v) is 24.7. The number of aromatic nitrogens is 11. The standard InChI is InChI=1S/C46H30N4.C40H26N4.C37H23N3/c1-5-15-31(16-6-1)32-27-29-36(30-28-32)45-48-44(35-21-11-4-12-22-35)49-46(50-45)40-26-14-25-39-41-37(33-17-7-2-8-18-33)23-13-24-38(41)42(47-43(39)40)34-19-9-3-10-20-34;1-5-15-27(16-6-1)31-23-13-24-32-35(31)33-25-14-26-34(37(33)41-36(32)28-17-7-2-8-18-28)40-43-38(29-19-9-3-10-20-29)42-39(44-40)30-21-11-4-12-22-30;1-3-9-24(10-4-1)29-14-7-15-30-34(29)31-23-28(19-21-33(31)40-35(30)25-11-5-2-6-12-25)32-20-18-27-17-16-26-13-8-22-38-36(26)37(27)39-32/h1-30H;1-26H;1-23H. The Morgan fingerprint density at radius 2 is 0.433 bits per heavy atom. The molecular weight excluding hydrogens is 1630 g/mol. The monoisotopic (exact) mass is 1710 g/mol. The van der Waals surface area contributed by atoms with Gasteiger partial charge in [-0.15, -0.1) is 0 Å². The minimum absolute atomic E-state index is 0.578. The summed E-state index contributed by atoms with van der Waals surface area (Å²) in [5.74, 6) is 3.64. The molecule has 7 aromatic heterocycles. The first-order valence-corrected chi connectivity index (χ1v) is 44.9. The number of rotatable bonds is 14. The van der Waals surface area contributed by atoms with E-state index in [9.17, 15) is 0 Å². The molecule has 626 valence electrons. The van der Waals surface area contributed by atoms with Crippen LogP contribution in [0.1, 0.15) is 0 Å². The van der Waals surface area contributed by atoms with Crippen molar-refractivity contribution in [1.82, 2.24) is 54.8 Å². The van der Waals surface area contributed by atoms with Crippen LogP contribution in [0.25, 0.3) is 245 Å². The number of pyridine rings is 5. The molecule has 0 saturated heterocycles. The summed E-state index contributed by atoms with van der Waals surface area (Å²) >= 11 is 0. The molecule has 0 radical (unpaired) electrons. The molecule has 0 saturated carbocycles. The van der Waals surface area contributed by atoms with E-state index in [1.807, 2.05) is 128 Å². The number of para-hydroxylation sites is 2. The van der Waals surface area contributed by atoms with E-state index in [1.54, 1.807) is 0 Å². The van der Waals surface area contributed by atoms with Gasteiger partial charge in [0.05, 0.1) is 50.4 Å². The molecule has 11 nitrogen and oxygen atoms in total. The van der Waals surface area contributed by atoms with Gasteiger partial charge < -0.3 is 0 Å². The van der Waals surface area contributed by atoms with Crippen molar-refractivity contribution in [2.45, 2.75) is 0 Å². The first kappa shape index (κ1) is 80.4. The Hall–Kier alpha value is -18.2. The Balaban J connectivity index is 0.000000114. The fourth-order valence-corrected chi connectivity index (χ4v) is 18.4. The van der Waals surface area contributed by atoms with Gasteiger partial charge in [0.15, 0.2) is 34.9 Å². The number of hydrogen-bond acceptors (Lipinski definition) is 11. The van der Waals surface area contributed by atoms with E-state index in [0.29, 0.717) is 34.9 Å². The fraction of sp³-hybridized carbons (Fsp3) is 0. The van der Waals surface area contributed by atoms with Crippen molar-refractivity contribution >= 4 is 86.8 Å². The van der Waals surface area contributed by atoms with Crippen LogP contribution in [0, 0.1) is 0 Å². The van der Waals surface area contributed by atoms with Crippen molar-refractivity contribution in [3.8, 4) is 158 Å². The second kappa shape index (κ2) is 35.8. The van der Waals surface area contributed by atoms with Crippen LogP contribution < -0.4 is 0 Å². The SMILES string of the molecule is c1ccc(-c2ccc(-c3nc(-c4ccccc4)nc(-c4cccc5c4nc(-c4ccccc4)c4cccc(-c6ccccc6)c45)n3)cc2)cc1.c1ccc(-c2nc(-c3ccccc3)nc(-c3cccc4c3nc(-c3ccccc3)c3cccc(-c5ccccc5)c34)n2)cc1.c1ccc(-c2nc3ccc(-c4ccc5ccc6cccnc6c5n4)cc3c3c(-c4ccccc4)cccc23)cc1. The largest absolute Gasteiger partial charge is 0.254 e. The van der Waals surface area contributed by atoms with E-state index in [1.165, 1.54) is 22.1 Å². The van der Waals surface area contributed by atoms with Crippen LogP contribution in [-0.4, -0.2) is 54.8 Å². The summed E-state index contributed by atoms with van der Waals surface area (Å²) in [6.45, 7) is 0. The second-order valence-corrected chi connectivity index (χ2v) is 33.0. The molecule has 0 unspecified atom stereocenters. The van der Waals surface area contributed by atoms with Crippen LogP contribution in [0.2, 0.25) is 0 Å². The first-order valence-electron chi connectivity index (χ1n) is 44.9. The van der Waals surface area contributed by atoms with E-state index in [0.717, 1.165) is 188 Å². The Labute approximate surface area is 773 Å². The molecular formula is C123H79N11. The van der Waals surface area contributed by atoms with E-state index < -0.39 is 0 Å². The maximum atomic E-state index is 5.43. The summed E-state index contributed by atoms with van der Waals surface area (Å²) in [7, 11) is 0. The first-order chi connectivity index (χ1) is 66.5. The van der Waals surface area contributed by atoms with Gasteiger partial charge in [-0.05, 0) is 80.9 Å². The molecule has 0 aliphatic rings. The van der Waals surface area contributed by atoms with Crippen molar-refractivity contribution in [3.05, 3.63) is 479 Å². The van der Waals surface area contributed by atoms with Crippen LogP contribution in [0.4, 0.5) is 0 Å². The highest BCUT2D eigenvalue weighted by Crippen LogP contribution is 2.46. The molecule has 0 N–H and O–H groups in total. The number of fused-ring (bicyclic) bond motifs is 12. The topological polar surface area (TPSA) is 142 Å². The predicted molar refractivity (Wildman–Crippen MR) is 551 cm³/mol. The van der Waals surface area contributed by atoms with Crippen molar-refractivity contribution in [2.75, 3.05) is 0 Å². The van der Waals surface area contributed by atoms with Crippen LogP contribution >= 0.6 is 0 Å². The Morgan fingerprint density at radius 1 is 0.142 bits per heavy atom. The maximum Gasteiger partial charge on any atom is 0.166 e. The zero-order valence-electron chi connectivity index (χ0n) is 72.5. The average Bonchev–Trinajstić information content (AvgIpc) is 0.744. The lowest BCUT2D eigenvalue weighted by molar-refractivity contribution is 1.07. The minimum Gasteiger partial charge on any atom is -0.254 e. The minimum atomic E-state index is 0.578. The molecule has 0 bridgehead atoms. The number of benzene rings is 18. The molecule has 18 aromatic carbocycles. The molecule has 0 fully saturated rings. The summed E-state index contributed by atoms with van der Waals surface area (Å²) in [5, 5.41) is 12.2. The third-order valence-electron chi connectivity index (χ3n) is 24.7. The Morgan fingerprint density at radius 3 is 0.828 bits per heavy atom. The molecule has 7 heterocycles. The summed E-state index contributed by atoms with van der Waals surface area (Å²) in [6.07, 6.45) is 1.83. The highest BCUT2D eigenvalue weighted by Gasteiger charge is 2.25. The van der Waals surface area contributed by atoms with Crippen molar-refractivity contribution in [1.29, 1.82) is 0 Å². The Bertz CT molecular complexity index is 8620. The van der Waals surface area contributed by atoms with E-state index in [-0.39, 0.29) is 0 Å². The van der Waals surface area contributed by atoms with Gasteiger partial charge in [0.25, 0.3) is 0 Å². The van der Waals surface area contributed by atoms with Gasteiger partial charge in [-0.3, -0.25) is 4.98 Å². The number of hydrogen-bond donors (Lipinski definition) is 0. The molecule has 25 aromatic rings. The molecule has 0 spiro atoms. The summed E-state index contributed by atoms with van der Waals surface area (Å²) in [4.78, 5) is 56.1. The molecule has 0 atom stereocenters. The highest BCUT2D eigenvalue weighted by atomic mass is 15.0. The van der Waals surface area contributed by atoms with Gasteiger partial charge in [-0.2, -0.15) is 0 Å². The molecule has 0 aliphatic heterocycles. The van der Waals surface area contributed by atoms with Crippen molar-refractivity contribution < 1.29 is 0 Å². The highest BCUT2D eigenvalue weighted by molar-refractivity contribution is 6.22. The smallest absolute Gasteiger partial charge is 0.166 e. The van der Waals surface area contributed by atoms with Gasteiger partial charge in [0, 0.05) is 121 Å². The second-order valence-electron chi connectivity index (χ2n) is 33.0. The van der Waals surface area contributed by atoms with Crippen molar-refractivity contribution in [3.63, 3.8) is 0 Å². The normalized spacial score (nSPS) is 11.3. The molecule has 134 heavy (non-hydrogen) atoms. The predicted octanol–water partition coefficient (Wildman–Crippen LogP) is 31.0. The van der Waals surface area contributed by atoms with Crippen LogP contribution in [0.15, 0.2) is 479 Å². The van der Waals surface area contributed by atoms with Gasteiger partial charge in [-0.1, -0.05) is 437 Å². The summed E-state index contributed by atoms with van der Waals surface area (Å²) in [5.41, 5.74) is 27.3. The van der Waals surface area contributed by atoms with E-state index in [4.69, 9.17) is 49.8 Å². The molecule has 0 aliphatic carbocycles. The molecule has 11 heteroatoms. The molecule has 25 rings (SSSR count). The van der Waals surface area contributed by atoms with Gasteiger partial charge in [0.2, 0.25) is 0 Å². The quantitative estimate of drug-likeness (QED) is 0.0960. The Kier molecular flexibility index (Phi) is 21.5. The lowest BCUT2D eigenvalue weighted by Gasteiger charge is -2.16. The zero-order valence-corrected chi connectivity index (χ0v) is 72.5. The average molecular weight is 1710 g/mol. The van der Waals surface area contributed by atoms with Crippen LogP contribution in [0.5, 0.6) is 0 Å². The van der Waals surface area contributed by atoms with E-state index in [2.05, 4.69) is 357 Å². The lowest BCUT2D eigenvalue weighted by atomic mass is 9.92. The van der Waals surface area contributed by atoms with Gasteiger partial charge in [-0.25, -0.2) is 49.8 Å². The lowest BCUT2D eigenvalue weighted by Crippen LogP contribution is -2.01. The number of nitrogens with zero attached hydrogens (tertiary/aromatic N) is 11. The summed E-state index contributed by atoms with van der Waals surface area (Å²) in [6, 6.07) is 163. The zero-order chi connectivity index (χ0) is 89.0.